The fraction of sp³-hybridized carbons (Fsp3) is 0.500. The maximum atomic E-state index is 12.5. The third-order valence-corrected chi connectivity index (χ3v) is 4.46. The SMILES string of the molecule is CCc1ccc(N2CC(C(=O)NC(C)(COC)C(=O)O)CC2=O)cc1. The van der Waals surface area contributed by atoms with Gasteiger partial charge in [-0.3, -0.25) is 9.59 Å². The van der Waals surface area contributed by atoms with Crippen LogP contribution >= 0.6 is 0 Å². The summed E-state index contributed by atoms with van der Waals surface area (Å²) in [6, 6.07) is 7.64. The number of aryl methyl sites for hydroxylation is 1. The van der Waals surface area contributed by atoms with E-state index in [1.54, 1.807) is 4.90 Å². The highest BCUT2D eigenvalue weighted by Gasteiger charge is 2.41. The summed E-state index contributed by atoms with van der Waals surface area (Å²) in [6.45, 7) is 3.51. The molecule has 25 heavy (non-hydrogen) atoms. The highest BCUT2D eigenvalue weighted by molar-refractivity contribution is 6.01. The molecule has 0 saturated carbocycles. The van der Waals surface area contributed by atoms with E-state index in [0.29, 0.717) is 0 Å². The van der Waals surface area contributed by atoms with E-state index >= 15 is 0 Å². The van der Waals surface area contributed by atoms with Crippen molar-refractivity contribution in [1.29, 1.82) is 0 Å². The first-order valence-electron chi connectivity index (χ1n) is 8.24. The lowest BCUT2D eigenvalue weighted by molar-refractivity contribution is -0.149. The number of aliphatic carboxylic acids is 1. The predicted octanol–water partition coefficient (Wildman–Crippen LogP) is 1.21. The number of carboxylic acids is 1. The average molecular weight is 348 g/mol. The molecule has 2 N–H and O–H groups in total. The highest BCUT2D eigenvalue weighted by Crippen LogP contribution is 2.26. The molecule has 1 aliphatic rings. The van der Waals surface area contributed by atoms with Crippen LogP contribution in [0.2, 0.25) is 0 Å². The molecule has 1 aliphatic heterocycles. The lowest BCUT2D eigenvalue weighted by Gasteiger charge is -2.26. The molecule has 0 aliphatic carbocycles. The Morgan fingerprint density at radius 2 is 2.00 bits per heavy atom. The molecule has 1 saturated heterocycles. The molecule has 1 aromatic carbocycles. The van der Waals surface area contributed by atoms with E-state index in [0.717, 1.165) is 12.1 Å². The van der Waals surface area contributed by atoms with Crippen molar-refractivity contribution in [2.45, 2.75) is 32.2 Å². The number of methoxy groups -OCH3 is 1. The highest BCUT2D eigenvalue weighted by atomic mass is 16.5. The van der Waals surface area contributed by atoms with Gasteiger partial charge in [-0.1, -0.05) is 19.1 Å². The maximum Gasteiger partial charge on any atom is 0.331 e. The largest absolute Gasteiger partial charge is 0.479 e. The zero-order valence-corrected chi connectivity index (χ0v) is 14.7. The van der Waals surface area contributed by atoms with E-state index in [1.165, 1.54) is 19.6 Å². The number of rotatable bonds is 7. The number of hydrogen-bond acceptors (Lipinski definition) is 4. The number of anilines is 1. The van der Waals surface area contributed by atoms with E-state index in [4.69, 9.17) is 4.74 Å². The molecule has 1 aromatic rings. The van der Waals surface area contributed by atoms with Crippen molar-refractivity contribution in [1.82, 2.24) is 5.32 Å². The van der Waals surface area contributed by atoms with Crippen LogP contribution in [0, 0.1) is 5.92 Å². The molecule has 136 valence electrons. The normalized spacial score (nSPS) is 19.6. The number of nitrogens with one attached hydrogen (secondary N) is 1. The van der Waals surface area contributed by atoms with Crippen LogP contribution in [0.5, 0.6) is 0 Å². The molecule has 1 heterocycles. The zero-order valence-electron chi connectivity index (χ0n) is 14.7. The molecule has 0 aromatic heterocycles. The first-order chi connectivity index (χ1) is 11.8. The summed E-state index contributed by atoms with van der Waals surface area (Å²) >= 11 is 0. The molecule has 7 heteroatoms. The van der Waals surface area contributed by atoms with Crippen LogP contribution < -0.4 is 10.2 Å². The second-order valence-corrected chi connectivity index (χ2v) is 6.48. The number of ether oxygens (including phenoxy) is 1. The number of benzene rings is 1. The van der Waals surface area contributed by atoms with Crippen molar-refractivity contribution in [3.05, 3.63) is 29.8 Å². The first-order valence-corrected chi connectivity index (χ1v) is 8.24. The molecular formula is C18H24N2O5. The molecule has 2 unspecified atom stereocenters. The topological polar surface area (TPSA) is 95.9 Å². The van der Waals surface area contributed by atoms with Crippen LogP contribution in [-0.4, -0.2) is 48.7 Å². The Bertz CT molecular complexity index is 658. The molecule has 2 amide bonds. The monoisotopic (exact) mass is 348 g/mol. The smallest absolute Gasteiger partial charge is 0.331 e. The van der Waals surface area contributed by atoms with Crippen LogP contribution in [0.4, 0.5) is 5.69 Å². The Kier molecular flexibility index (Phi) is 5.79. The van der Waals surface area contributed by atoms with Crippen LogP contribution in [-0.2, 0) is 25.5 Å². The van der Waals surface area contributed by atoms with Crippen molar-refractivity contribution in [2.75, 3.05) is 25.2 Å². The molecule has 0 radical (unpaired) electrons. The van der Waals surface area contributed by atoms with E-state index in [-0.39, 0.29) is 25.5 Å². The summed E-state index contributed by atoms with van der Waals surface area (Å²) in [7, 11) is 1.37. The lowest BCUT2D eigenvalue weighted by atomic mass is 10.0. The molecule has 1 fully saturated rings. The molecule has 2 rings (SSSR count). The summed E-state index contributed by atoms with van der Waals surface area (Å²) in [5.41, 5.74) is 0.391. The molecule has 7 nitrogen and oxygen atoms in total. The van der Waals surface area contributed by atoms with Gasteiger partial charge < -0.3 is 20.1 Å². The van der Waals surface area contributed by atoms with Crippen LogP contribution in [0.15, 0.2) is 24.3 Å². The van der Waals surface area contributed by atoms with Gasteiger partial charge in [0.05, 0.1) is 12.5 Å². The van der Waals surface area contributed by atoms with E-state index in [2.05, 4.69) is 12.2 Å². The molecule has 0 bridgehead atoms. The van der Waals surface area contributed by atoms with Gasteiger partial charge in [0, 0.05) is 25.8 Å². The zero-order chi connectivity index (χ0) is 18.6. The average Bonchev–Trinajstić information content (AvgIpc) is 2.97. The summed E-state index contributed by atoms with van der Waals surface area (Å²) in [5.74, 6) is -2.37. The predicted molar refractivity (Wildman–Crippen MR) is 92.3 cm³/mol. The number of hydrogen-bond donors (Lipinski definition) is 2. The summed E-state index contributed by atoms with van der Waals surface area (Å²) in [6.07, 6.45) is 0.969. The van der Waals surface area contributed by atoms with Gasteiger partial charge in [0.2, 0.25) is 11.8 Å². The summed E-state index contributed by atoms with van der Waals surface area (Å²) < 4.78 is 4.89. The van der Waals surface area contributed by atoms with E-state index < -0.39 is 23.3 Å². The Balaban J connectivity index is 2.08. The van der Waals surface area contributed by atoms with Crippen molar-refractivity contribution < 1.29 is 24.2 Å². The van der Waals surface area contributed by atoms with Gasteiger partial charge in [-0.05, 0) is 31.0 Å². The fourth-order valence-corrected chi connectivity index (χ4v) is 2.86. The first kappa shape index (κ1) is 18.9. The van der Waals surface area contributed by atoms with Crippen LogP contribution in [0.3, 0.4) is 0 Å². The van der Waals surface area contributed by atoms with E-state index in [1.807, 2.05) is 24.3 Å². The minimum atomic E-state index is -1.52. The number of carboxylic acid groups (broad SMARTS) is 1. The van der Waals surface area contributed by atoms with E-state index in [9.17, 15) is 19.5 Å². The van der Waals surface area contributed by atoms with Gasteiger partial charge in [0.15, 0.2) is 5.54 Å². The Labute approximate surface area is 147 Å². The van der Waals surface area contributed by atoms with Crippen LogP contribution in [0.25, 0.3) is 0 Å². The maximum absolute atomic E-state index is 12.5. The summed E-state index contributed by atoms with van der Waals surface area (Å²) in [4.78, 5) is 37.7. The number of nitrogens with zero attached hydrogens (tertiary/aromatic N) is 1. The Morgan fingerprint density at radius 3 is 2.52 bits per heavy atom. The van der Waals surface area contributed by atoms with Gasteiger partial charge >= 0.3 is 5.97 Å². The quantitative estimate of drug-likeness (QED) is 0.772. The van der Waals surface area contributed by atoms with Crippen molar-refractivity contribution in [2.24, 2.45) is 5.92 Å². The Hall–Kier alpha value is -2.41. The fourth-order valence-electron chi connectivity index (χ4n) is 2.86. The van der Waals surface area contributed by atoms with Gasteiger partial charge in [-0.15, -0.1) is 0 Å². The minimum absolute atomic E-state index is 0.0596. The number of carbonyl (C=O) groups is 3. The van der Waals surface area contributed by atoms with Crippen molar-refractivity contribution >= 4 is 23.5 Å². The number of amides is 2. The lowest BCUT2D eigenvalue weighted by Crippen LogP contribution is -2.56. The second-order valence-electron chi connectivity index (χ2n) is 6.48. The van der Waals surface area contributed by atoms with Gasteiger partial charge in [-0.2, -0.15) is 0 Å². The Morgan fingerprint density at radius 1 is 1.36 bits per heavy atom. The molecule has 2 atom stereocenters. The standard InChI is InChI=1S/C18H24N2O5/c1-4-12-5-7-14(8-6-12)20-10-13(9-15(20)21)16(22)19-18(2,11-25-3)17(23)24/h5-8,13H,4,9-11H2,1-3H3,(H,19,22)(H,23,24). The minimum Gasteiger partial charge on any atom is -0.479 e. The number of carbonyl (C=O) groups excluding carboxylic acids is 2. The van der Waals surface area contributed by atoms with Crippen molar-refractivity contribution in [3.8, 4) is 0 Å². The van der Waals surface area contributed by atoms with Crippen LogP contribution in [0.1, 0.15) is 25.8 Å². The summed E-state index contributed by atoms with van der Waals surface area (Å²) in [5, 5.41) is 11.8. The molecule has 0 spiro atoms. The third-order valence-electron chi connectivity index (χ3n) is 4.46. The molecular weight excluding hydrogens is 324 g/mol. The van der Waals surface area contributed by atoms with Gasteiger partial charge in [0.25, 0.3) is 0 Å². The van der Waals surface area contributed by atoms with Gasteiger partial charge in [0.1, 0.15) is 0 Å². The second kappa shape index (κ2) is 7.65. The van der Waals surface area contributed by atoms with Gasteiger partial charge in [-0.25, -0.2) is 4.79 Å². The van der Waals surface area contributed by atoms with Crippen molar-refractivity contribution in [3.63, 3.8) is 0 Å². The third kappa shape index (κ3) is 4.17.